The fourth-order valence-electron chi connectivity index (χ4n) is 2.94. The van der Waals surface area contributed by atoms with E-state index in [1.807, 2.05) is 37.3 Å². The molecule has 128 valence electrons. The van der Waals surface area contributed by atoms with Crippen molar-refractivity contribution in [2.24, 2.45) is 5.92 Å². The molecular formula is C19H20N4O2. The second-order valence-electron chi connectivity index (χ2n) is 6.63. The number of benzene rings is 1. The van der Waals surface area contributed by atoms with Gasteiger partial charge < -0.3 is 5.32 Å². The van der Waals surface area contributed by atoms with Crippen molar-refractivity contribution in [2.45, 2.75) is 26.3 Å². The Hall–Kier alpha value is -2.89. The quantitative estimate of drug-likeness (QED) is 0.775. The van der Waals surface area contributed by atoms with Crippen LogP contribution in [0.15, 0.2) is 47.4 Å². The first-order chi connectivity index (χ1) is 12.1. The van der Waals surface area contributed by atoms with Crippen LogP contribution in [0.3, 0.4) is 0 Å². The van der Waals surface area contributed by atoms with E-state index < -0.39 is 0 Å². The highest BCUT2D eigenvalue weighted by Crippen LogP contribution is 2.27. The molecule has 0 radical (unpaired) electrons. The summed E-state index contributed by atoms with van der Waals surface area (Å²) in [5.74, 6) is 0.469. The highest BCUT2D eigenvalue weighted by Gasteiger charge is 2.22. The van der Waals surface area contributed by atoms with Gasteiger partial charge >= 0.3 is 5.69 Å². The monoisotopic (exact) mass is 336 g/mol. The van der Waals surface area contributed by atoms with Crippen molar-refractivity contribution >= 4 is 17.1 Å². The van der Waals surface area contributed by atoms with Gasteiger partial charge in [-0.3, -0.25) is 9.36 Å². The van der Waals surface area contributed by atoms with Gasteiger partial charge in [-0.1, -0.05) is 17.7 Å². The Balaban J connectivity index is 1.74. The van der Waals surface area contributed by atoms with E-state index in [9.17, 15) is 9.59 Å². The van der Waals surface area contributed by atoms with Crippen molar-refractivity contribution < 1.29 is 4.79 Å². The lowest BCUT2D eigenvalue weighted by molar-refractivity contribution is -0.121. The molecule has 4 rings (SSSR count). The van der Waals surface area contributed by atoms with Gasteiger partial charge in [0.2, 0.25) is 5.91 Å². The van der Waals surface area contributed by atoms with Crippen LogP contribution in [0.5, 0.6) is 0 Å². The van der Waals surface area contributed by atoms with Gasteiger partial charge in [0.25, 0.3) is 0 Å². The molecular weight excluding hydrogens is 316 g/mol. The summed E-state index contributed by atoms with van der Waals surface area (Å²) >= 11 is 0. The summed E-state index contributed by atoms with van der Waals surface area (Å²) in [4.78, 5) is 29.6. The van der Waals surface area contributed by atoms with E-state index in [0.29, 0.717) is 23.6 Å². The third kappa shape index (κ3) is 3.07. The number of carbonyl (C=O) groups is 1. The summed E-state index contributed by atoms with van der Waals surface area (Å²) < 4.78 is 3.05. The Morgan fingerprint density at radius 3 is 2.72 bits per heavy atom. The van der Waals surface area contributed by atoms with Gasteiger partial charge in [0.1, 0.15) is 6.54 Å². The molecule has 1 saturated carbocycles. The summed E-state index contributed by atoms with van der Waals surface area (Å²) in [5.41, 5.74) is 2.84. The number of imidazole rings is 1. The number of amides is 1. The van der Waals surface area contributed by atoms with Crippen LogP contribution in [0.2, 0.25) is 0 Å². The van der Waals surface area contributed by atoms with Crippen LogP contribution in [-0.4, -0.2) is 26.6 Å². The van der Waals surface area contributed by atoms with Gasteiger partial charge in [-0.15, -0.1) is 0 Å². The van der Waals surface area contributed by atoms with Gasteiger partial charge in [0, 0.05) is 12.7 Å². The summed E-state index contributed by atoms with van der Waals surface area (Å²) in [7, 11) is 0. The molecule has 0 unspecified atom stereocenters. The van der Waals surface area contributed by atoms with Crippen LogP contribution in [0, 0.1) is 12.8 Å². The standard InChI is InChI=1S/C19H20N4O2/c1-13-4-8-15(9-5-13)23-18-16(3-2-10-20-18)22(19(23)25)12-17(24)21-11-14-6-7-14/h2-5,8-10,14H,6-7,11-12H2,1H3,(H,21,24). The van der Waals surface area contributed by atoms with E-state index in [2.05, 4.69) is 10.3 Å². The molecule has 0 bridgehead atoms. The number of aromatic nitrogens is 3. The maximum absolute atomic E-state index is 13.0. The molecule has 0 atom stereocenters. The molecule has 1 fully saturated rings. The third-order valence-electron chi connectivity index (χ3n) is 4.57. The number of nitrogens with one attached hydrogen (secondary N) is 1. The highest BCUT2D eigenvalue weighted by atomic mass is 16.2. The van der Waals surface area contributed by atoms with E-state index in [1.54, 1.807) is 16.8 Å². The van der Waals surface area contributed by atoms with Crippen molar-refractivity contribution in [1.29, 1.82) is 0 Å². The predicted molar refractivity (Wildman–Crippen MR) is 95.8 cm³/mol. The molecule has 1 aromatic carbocycles. The smallest absolute Gasteiger partial charge is 0.335 e. The molecule has 2 heterocycles. The molecule has 1 aliphatic carbocycles. The average Bonchev–Trinajstić information content (AvgIpc) is 3.40. The predicted octanol–water partition coefficient (Wildman–Crippen LogP) is 2.02. The van der Waals surface area contributed by atoms with Gasteiger partial charge in [-0.2, -0.15) is 0 Å². The summed E-state index contributed by atoms with van der Waals surface area (Å²) in [6.07, 6.45) is 4.01. The number of carbonyl (C=O) groups excluding carboxylic acids is 1. The van der Waals surface area contributed by atoms with Gasteiger partial charge in [0.05, 0.1) is 11.2 Å². The molecule has 1 N–H and O–H groups in total. The molecule has 6 heteroatoms. The zero-order valence-corrected chi connectivity index (χ0v) is 14.1. The average molecular weight is 336 g/mol. The van der Waals surface area contributed by atoms with E-state index in [-0.39, 0.29) is 18.1 Å². The Morgan fingerprint density at radius 2 is 2.00 bits per heavy atom. The van der Waals surface area contributed by atoms with Crippen LogP contribution < -0.4 is 11.0 Å². The largest absolute Gasteiger partial charge is 0.354 e. The Morgan fingerprint density at radius 1 is 1.24 bits per heavy atom. The number of pyridine rings is 1. The van der Waals surface area contributed by atoms with Crippen LogP contribution in [-0.2, 0) is 11.3 Å². The highest BCUT2D eigenvalue weighted by molar-refractivity contribution is 5.80. The van der Waals surface area contributed by atoms with E-state index >= 15 is 0 Å². The van der Waals surface area contributed by atoms with E-state index in [1.165, 1.54) is 17.4 Å². The summed E-state index contributed by atoms with van der Waals surface area (Å²) in [6, 6.07) is 11.3. The molecule has 0 spiro atoms. The van der Waals surface area contributed by atoms with Gasteiger partial charge in [0.15, 0.2) is 5.65 Å². The molecule has 0 aliphatic heterocycles. The van der Waals surface area contributed by atoms with Crippen molar-refractivity contribution in [3.8, 4) is 5.69 Å². The summed E-state index contributed by atoms with van der Waals surface area (Å²) in [5, 5.41) is 2.91. The third-order valence-corrected chi connectivity index (χ3v) is 4.57. The zero-order valence-electron chi connectivity index (χ0n) is 14.1. The van der Waals surface area contributed by atoms with Crippen molar-refractivity contribution in [1.82, 2.24) is 19.4 Å². The fraction of sp³-hybridized carbons (Fsp3) is 0.316. The SMILES string of the molecule is Cc1ccc(-n2c(=O)n(CC(=O)NCC3CC3)c3cccnc32)cc1. The van der Waals surface area contributed by atoms with Crippen molar-refractivity contribution in [2.75, 3.05) is 6.54 Å². The number of hydrogen-bond donors (Lipinski definition) is 1. The zero-order chi connectivity index (χ0) is 17.4. The number of rotatable bonds is 5. The van der Waals surface area contributed by atoms with E-state index in [0.717, 1.165) is 11.3 Å². The first-order valence-electron chi connectivity index (χ1n) is 8.53. The minimum Gasteiger partial charge on any atom is -0.354 e. The molecule has 25 heavy (non-hydrogen) atoms. The Bertz CT molecular complexity index is 981. The number of nitrogens with zero attached hydrogens (tertiary/aromatic N) is 3. The van der Waals surface area contributed by atoms with Crippen LogP contribution >= 0.6 is 0 Å². The number of aryl methyl sites for hydroxylation is 1. The van der Waals surface area contributed by atoms with Crippen LogP contribution in [0.4, 0.5) is 0 Å². The minimum atomic E-state index is -0.251. The van der Waals surface area contributed by atoms with Gasteiger partial charge in [-0.25, -0.2) is 14.3 Å². The van der Waals surface area contributed by atoms with Crippen molar-refractivity contribution in [3.63, 3.8) is 0 Å². The normalized spacial score (nSPS) is 14.0. The molecule has 0 saturated heterocycles. The maximum atomic E-state index is 13.0. The molecule has 6 nitrogen and oxygen atoms in total. The molecule has 1 aliphatic rings. The minimum absolute atomic E-state index is 0.00656. The lowest BCUT2D eigenvalue weighted by Crippen LogP contribution is -2.33. The molecule has 1 amide bonds. The molecule has 3 aromatic rings. The number of hydrogen-bond acceptors (Lipinski definition) is 3. The fourth-order valence-corrected chi connectivity index (χ4v) is 2.94. The Labute approximate surface area is 145 Å². The molecule has 2 aromatic heterocycles. The topological polar surface area (TPSA) is 68.9 Å². The Kier molecular flexibility index (Phi) is 3.87. The first-order valence-corrected chi connectivity index (χ1v) is 8.53. The van der Waals surface area contributed by atoms with Crippen LogP contribution in [0.1, 0.15) is 18.4 Å². The lowest BCUT2D eigenvalue weighted by atomic mass is 10.2. The second-order valence-corrected chi connectivity index (χ2v) is 6.63. The summed E-state index contributed by atoms with van der Waals surface area (Å²) in [6.45, 7) is 2.70. The second kappa shape index (κ2) is 6.20. The van der Waals surface area contributed by atoms with E-state index in [4.69, 9.17) is 0 Å². The first kappa shape index (κ1) is 15.6. The van der Waals surface area contributed by atoms with Crippen molar-refractivity contribution in [3.05, 3.63) is 58.6 Å². The van der Waals surface area contributed by atoms with Crippen LogP contribution in [0.25, 0.3) is 16.9 Å². The number of fused-ring (bicyclic) bond motifs is 1. The lowest BCUT2D eigenvalue weighted by Gasteiger charge is -2.05. The maximum Gasteiger partial charge on any atom is 0.335 e. The van der Waals surface area contributed by atoms with Gasteiger partial charge in [-0.05, 0) is 49.9 Å².